The first-order chi connectivity index (χ1) is 9.49. The van der Waals surface area contributed by atoms with E-state index in [0.29, 0.717) is 12.1 Å². The molecule has 0 aliphatic carbocycles. The molecule has 1 aliphatic heterocycles. The Bertz CT molecular complexity index is 350. The molecule has 2 N–H and O–H groups in total. The third-order valence-electron chi connectivity index (χ3n) is 2.98. The molecule has 1 aromatic rings. The predicted molar refractivity (Wildman–Crippen MR) is 89.9 cm³/mol. The monoisotopic (exact) mass is 297 g/mol. The van der Waals surface area contributed by atoms with E-state index in [0.717, 1.165) is 31.2 Å². The molecule has 1 aromatic carbocycles. The third-order valence-corrected chi connectivity index (χ3v) is 3.23. The Labute approximate surface area is 128 Å². The highest BCUT2D eigenvalue weighted by Crippen LogP contribution is 2.17. The lowest BCUT2D eigenvalue weighted by Crippen LogP contribution is -2.43. The molecule has 0 bridgehead atoms. The van der Waals surface area contributed by atoms with Crippen molar-refractivity contribution in [1.29, 1.82) is 0 Å². The molecule has 0 amide bonds. The summed E-state index contributed by atoms with van der Waals surface area (Å²) in [7, 11) is 0. The summed E-state index contributed by atoms with van der Waals surface area (Å²) in [4.78, 5) is 2.37. The fourth-order valence-corrected chi connectivity index (χ4v) is 2.37. The number of halogens is 1. The van der Waals surface area contributed by atoms with Gasteiger partial charge in [0.05, 0.1) is 0 Å². The van der Waals surface area contributed by atoms with Crippen LogP contribution < -0.4 is 15.5 Å². The quantitative estimate of drug-likeness (QED) is 0.897. The van der Waals surface area contributed by atoms with Crippen molar-refractivity contribution < 1.29 is 0 Å². The van der Waals surface area contributed by atoms with E-state index in [2.05, 4.69) is 55.4 Å². The van der Waals surface area contributed by atoms with Gasteiger partial charge in [-0.25, -0.2) is 0 Å². The summed E-state index contributed by atoms with van der Waals surface area (Å²) in [6.07, 6.45) is 0. The Morgan fingerprint density at radius 2 is 1.50 bits per heavy atom. The number of nitrogens with zero attached hydrogens (tertiary/aromatic N) is 1. The SMILES string of the molecule is CC(C)NC(C)C.Clc1ccc(N2CCNCC2)cc1. The van der Waals surface area contributed by atoms with E-state index >= 15 is 0 Å². The molecule has 0 atom stereocenters. The van der Waals surface area contributed by atoms with Crippen LogP contribution in [0.15, 0.2) is 24.3 Å². The van der Waals surface area contributed by atoms with E-state index in [1.54, 1.807) is 0 Å². The van der Waals surface area contributed by atoms with Gasteiger partial charge in [0.25, 0.3) is 0 Å². The Hall–Kier alpha value is -0.770. The number of benzene rings is 1. The van der Waals surface area contributed by atoms with Crippen molar-refractivity contribution in [2.45, 2.75) is 39.8 Å². The first-order valence-electron chi connectivity index (χ1n) is 7.46. The van der Waals surface area contributed by atoms with Crippen molar-refractivity contribution in [1.82, 2.24) is 10.6 Å². The minimum Gasteiger partial charge on any atom is -0.369 e. The Balaban J connectivity index is 0.000000246. The van der Waals surface area contributed by atoms with Gasteiger partial charge in [-0.2, -0.15) is 0 Å². The zero-order valence-corrected chi connectivity index (χ0v) is 13.9. The second kappa shape index (κ2) is 9.22. The second-order valence-electron chi connectivity index (χ2n) is 5.69. The lowest BCUT2D eigenvalue weighted by Gasteiger charge is -2.29. The van der Waals surface area contributed by atoms with Crippen LogP contribution in [-0.2, 0) is 0 Å². The van der Waals surface area contributed by atoms with Gasteiger partial charge < -0.3 is 15.5 Å². The number of piperazine rings is 1. The van der Waals surface area contributed by atoms with Crippen LogP contribution >= 0.6 is 11.6 Å². The summed E-state index contributed by atoms with van der Waals surface area (Å²) in [5, 5.41) is 7.44. The molecular weight excluding hydrogens is 270 g/mol. The lowest BCUT2D eigenvalue weighted by molar-refractivity contribution is 0.518. The van der Waals surface area contributed by atoms with E-state index < -0.39 is 0 Å². The van der Waals surface area contributed by atoms with Gasteiger partial charge in [-0.15, -0.1) is 0 Å². The fourth-order valence-electron chi connectivity index (χ4n) is 2.24. The molecule has 2 rings (SSSR count). The minimum absolute atomic E-state index is 0.625. The van der Waals surface area contributed by atoms with Crippen molar-refractivity contribution in [2.75, 3.05) is 31.1 Å². The topological polar surface area (TPSA) is 27.3 Å². The summed E-state index contributed by atoms with van der Waals surface area (Å²) >= 11 is 5.82. The molecule has 1 aliphatic rings. The van der Waals surface area contributed by atoms with Gasteiger partial charge in [-0.1, -0.05) is 39.3 Å². The van der Waals surface area contributed by atoms with Crippen LogP contribution in [0.2, 0.25) is 5.02 Å². The van der Waals surface area contributed by atoms with Gasteiger partial charge in [-0.05, 0) is 24.3 Å². The molecule has 3 nitrogen and oxygen atoms in total. The molecular formula is C16H28ClN3. The highest BCUT2D eigenvalue weighted by atomic mass is 35.5. The van der Waals surface area contributed by atoms with Crippen LogP contribution in [0.3, 0.4) is 0 Å². The predicted octanol–water partition coefficient (Wildman–Crippen LogP) is 3.14. The first kappa shape index (κ1) is 17.3. The van der Waals surface area contributed by atoms with Gasteiger partial charge in [0.15, 0.2) is 0 Å². The molecule has 1 heterocycles. The van der Waals surface area contributed by atoms with Crippen LogP contribution in [0.1, 0.15) is 27.7 Å². The normalized spacial score (nSPS) is 15.2. The van der Waals surface area contributed by atoms with E-state index in [9.17, 15) is 0 Å². The van der Waals surface area contributed by atoms with Gasteiger partial charge in [0, 0.05) is 49.0 Å². The molecule has 1 fully saturated rings. The molecule has 0 radical (unpaired) electrons. The highest BCUT2D eigenvalue weighted by molar-refractivity contribution is 6.30. The summed E-state index contributed by atoms with van der Waals surface area (Å²) in [6.45, 7) is 12.9. The van der Waals surface area contributed by atoms with Crippen LogP contribution in [0.5, 0.6) is 0 Å². The number of hydrogen-bond donors (Lipinski definition) is 2. The molecule has 4 heteroatoms. The molecule has 1 saturated heterocycles. The minimum atomic E-state index is 0.625. The largest absolute Gasteiger partial charge is 0.369 e. The van der Waals surface area contributed by atoms with Gasteiger partial charge in [-0.3, -0.25) is 0 Å². The molecule has 0 unspecified atom stereocenters. The van der Waals surface area contributed by atoms with Crippen LogP contribution in [0, 0.1) is 0 Å². The fraction of sp³-hybridized carbons (Fsp3) is 0.625. The number of anilines is 1. The Kier molecular flexibility index (Phi) is 7.97. The van der Waals surface area contributed by atoms with Crippen LogP contribution in [-0.4, -0.2) is 38.3 Å². The average Bonchev–Trinajstić information content (AvgIpc) is 2.40. The lowest BCUT2D eigenvalue weighted by atomic mass is 10.2. The van der Waals surface area contributed by atoms with E-state index in [-0.39, 0.29) is 0 Å². The van der Waals surface area contributed by atoms with Gasteiger partial charge >= 0.3 is 0 Å². The standard InChI is InChI=1S/C10H13ClN2.C6H15N/c11-9-1-3-10(4-2-9)13-7-5-12-6-8-13;1-5(2)7-6(3)4/h1-4,12H,5-8H2;5-7H,1-4H3. The molecule has 0 aromatic heterocycles. The average molecular weight is 298 g/mol. The molecule has 20 heavy (non-hydrogen) atoms. The molecule has 0 saturated carbocycles. The maximum Gasteiger partial charge on any atom is 0.0407 e. The Morgan fingerprint density at radius 3 is 1.90 bits per heavy atom. The van der Waals surface area contributed by atoms with Crippen molar-refractivity contribution >= 4 is 17.3 Å². The summed E-state index contributed by atoms with van der Waals surface area (Å²) in [6, 6.07) is 9.29. The maximum absolute atomic E-state index is 5.82. The van der Waals surface area contributed by atoms with Gasteiger partial charge in [0.1, 0.15) is 0 Å². The van der Waals surface area contributed by atoms with Gasteiger partial charge in [0.2, 0.25) is 0 Å². The highest BCUT2D eigenvalue weighted by Gasteiger charge is 2.09. The van der Waals surface area contributed by atoms with Crippen LogP contribution in [0.25, 0.3) is 0 Å². The number of rotatable bonds is 3. The number of hydrogen-bond acceptors (Lipinski definition) is 3. The maximum atomic E-state index is 5.82. The third kappa shape index (κ3) is 7.13. The second-order valence-corrected chi connectivity index (χ2v) is 6.13. The van der Waals surface area contributed by atoms with E-state index in [1.807, 2.05) is 12.1 Å². The van der Waals surface area contributed by atoms with Crippen molar-refractivity contribution in [2.24, 2.45) is 0 Å². The van der Waals surface area contributed by atoms with Crippen LogP contribution in [0.4, 0.5) is 5.69 Å². The molecule has 0 spiro atoms. The summed E-state index contributed by atoms with van der Waals surface area (Å²) < 4.78 is 0. The zero-order chi connectivity index (χ0) is 15.0. The Morgan fingerprint density at radius 1 is 1.00 bits per heavy atom. The summed E-state index contributed by atoms with van der Waals surface area (Å²) in [5.74, 6) is 0. The smallest absolute Gasteiger partial charge is 0.0407 e. The van der Waals surface area contributed by atoms with Crippen molar-refractivity contribution in [3.8, 4) is 0 Å². The van der Waals surface area contributed by atoms with Crippen molar-refractivity contribution in [3.63, 3.8) is 0 Å². The number of nitrogens with one attached hydrogen (secondary N) is 2. The zero-order valence-electron chi connectivity index (χ0n) is 13.1. The first-order valence-corrected chi connectivity index (χ1v) is 7.84. The van der Waals surface area contributed by atoms with Crippen molar-refractivity contribution in [3.05, 3.63) is 29.3 Å². The molecule has 114 valence electrons. The summed E-state index contributed by atoms with van der Waals surface area (Å²) in [5.41, 5.74) is 1.27. The van der Waals surface area contributed by atoms with E-state index in [4.69, 9.17) is 11.6 Å². The van der Waals surface area contributed by atoms with E-state index in [1.165, 1.54) is 5.69 Å².